The molecule has 0 spiro atoms. The number of benzene rings is 1. The molecule has 0 amide bonds. The SMILES string of the molecule is CC(c1ccc(Cl)cc1)N(C)c1nc(NN)ncc1Br. The number of nitrogens with two attached hydrogens (primary N) is 1. The fourth-order valence-electron chi connectivity index (χ4n) is 1.82. The van der Waals surface area contributed by atoms with Gasteiger partial charge < -0.3 is 4.90 Å². The zero-order chi connectivity index (χ0) is 14.7. The lowest BCUT2D eigenvalue weighted by Gasteiger charge is -2.27. The second-order valence-corrected chi connectivity index (χ2v) is 5.64. The summed E-state index contributed by atoms with van der Waals surface area (Å²) in [5, 5.41) is 0.724. The van der Waals surface area contributed by atoms with E-state index in [1.807, 2.05) is 36.2 Å². The summed E-state index contributed by atoms with van der Waals surface area (Å²) >= 11 is 9.37. The van der Waals surface area contributed by atoms with Gasteiger partial charge in [0.15, 0.2) is 0 Å². The van der Waals surface area contributed by atoms with Crippen LogP contribution in [0.1, 0.15) is 18.5 Å². The normalized spacial score (nSPS) is 12.1. The van der Waals surface area contributed by atoms with E-state index < -0.39 is 0 Å². The van der Waals surface area contributed by atoms with E-state index in [2.05, 4.69) is 38.2 Å². The quantitative estimate of drug-likeness (QED) is 0.649. The molecule has 20 heavy (non-hydrogen) atoms. The number of aromatic nitrogens is 2. The van der Waals surface area contributed by atoms with Crippen LogP contribution in [0.3, 0.4) is 0 Å². The van der Waals surface area contributed by atoms with Crippen molar-refractivity contribution in [3.05, 3.63) is 45.5 Å². The third-order valence-electron chi connectivity index (χ3n) is 3.12. The molecule has 0 saturated heterocycles. The van der Waals surface area contributed by atoms with Gasteiger partial charge in [-0.2, -0.15) is 4.98 Å². The number of hydrogen-bond acceptors (Lipinski definition) is 5. The number of rotatable bonds is 4. The Hall–Kier alpha value is -1.37. The Morgan fingerprint density at radius 3 is 2.60 bits per heavy atom. The molecule has 2 rings (SSSR count). The highest BCUT2D eigenvalue weighted by molar-refractivity contribution is 9.10. The molecular weight excluding hydrogens is 342 g/mol. The topological polar surface area (TPSA) is 67.1 Å². The Labute approximate surface area is 131 Å². The number of nitrogen functional groups attached to an aromatic ring is 1. The molecule has 0 aliphatic rings. The second kappa shape index (κ2) is 6.39. The lowest BCUT2D eigenvalue weighted by Crippen LogP contribution is -2.24. The van der Waals surface area contributed by atoms with Crippen LogP contribution in [0.2, 0.25) is 5.02 Å². The lowest BCUT2D eigenvalue weighted by molar-refractivity contribution is 0.725. The Kier molecular flexibility index (Phi) is 4.80. The number of hydrogen-bond donors (Lipinski definition) is 2. The molecule has 3 N–H and O–H groups in total. The summed E-state index contributed by atoms with van der Waals surface area (Å²) < 4.78 is 0.805. The number of hydrazine groups is 1. The Balaban J connectivity index is 2.30. The fraction of sp³-hybridized carbons (Fsp3) is 0.231. The van der Waals surface area contributed by atoms with Gasteiger partial charge in [-0.25, -0.2) is 10.8 Å². The monoisotopic (exact) mass is 355 g/mol. The minimum atomic E-state index is 0.129. The van der Waals surface area contributed by atoms with Crippen molar-refractivity contribution in [1.29, 1.82) is 0 Å². The van der Waals surface area contributed by atoms with Crippen molar-refractivity contribution in [2.75, 3.05) is 17.4 Å². The first-order valence-electron chi connectivity index (χ1n) is 6.00. The maximum absolute atomic E-state index is 5.91. The van der Waals surface area contributed by atoms with Crippen LogP contribution in [0.25, 0.3) is 0 Å². The smallest absolute Gasteiger partial charge is 0.239 e. The van der Waals surface area contributed by atoms with Crippen LogP contribution in [-0.4, -0.2) is 17.0 Å². The molecule has 0 bridgehead atoms. The van der Waals surface area contributed by atoms with E-state index in [1.54, 1.807) is 6.20 Å². The van der Waals surface area contributed by atoms with E-state index in [0.29, 0.717) is 5.95 Å². The van der Waals surface area contributed by atoms with E-state index in [4.69, 9.17) is 17.4 Å². The predicted octanol–water partition coefficient (Wildman–Crippen LogP) is 3.38. The summed E-state index contributed by atoms with van der Waals surface area (Å²) in [6.45, 7) is 2.09. The first-order valence-corrected chi connectivity index (χ1v) is 7.17. The Bertz CT molecular complexity index is 590. The average Bonchev–Trinajstić information content (AvgIpc) is 2.47. The van der Waals surface area contributed by atoms with Crippen LogP contribution in [0.4, 0.5) is 11.8 Å². The number of anilines is 2. The van der Waals surface area contributed by atoms with Gasteiger partial charge in [-0.15, -0.1) is 0 Å². The molecule has 1 unspecified atom stereocenters. The van der Waals surface area contributed by atoms with Crippen LogP contribution in [-0.2, 0) is 0 Å². The van der Waals surface area contributed by atoms with Gasteiger partial charge in [0.05, 0.1) is 10.5 Å². The summed E-state index contributed by atoms with van der Waals surface area (Å²) in [7, 11) is 1.96. The molecule has 1 atom stereocenters. The molecule has 2 aromatic rings. The maximum Gasteiger partial charge on any atom is 0.239 e. The summed E-state index contributed by atoms with van der Waals surface area (Å²) in [6.07, 6.45) is 1.67. The van der Waals surface area contributed by atoms with Gasteiger partial charge in [0, 0.05) is 18.3 Å². The minimum absolute atomic E-state index is 0.129. The van der Waals surface area contributed by atoms with E-state index in [0.717, 1.165) is 20.9 Å². The zero-order valence-electron chi connectivity index (χ0n) is 11.1. The molecule has 1 heterocycles. The Morgan fingerprint density at radius 1 is 1.35 bits per heavy atom. The van der Waals surface area contributed by atoms with Gasteiger partial charge in [-0.1, -0.05) is 23.7 Å². The van der Waals surface area contributed by atoms with Gasteiger partial charge >= 0.3 is 0 Å². The summed E-state index contributed by atoms with van der Waals surface area (Å²) in [4.78, 5) is 10.4. The Morgan fingerprint density at radius 2 is 2.00 bits per heavy atom. The number of halogens is 2. The van der Waals surface area contributed by atoms with Crippen LogP contribution in [0.15, 0.2) is 34.9 Å². The molecule has 7 heteroatoms. The molecule has 0 saturated carbocycles. The van der Waals surface area contributed by atoms with Gasteiger partial charge in [0.2, 0.25) is 5.95 Å². The highest BCUT2D eigenvalue weighted by atomic mass is 79.9. The molecule has 0 radical (unpaired) electrons. The molecule has 0 aliphatic carbocycles. The summed E-state index contributed by atoms with van der Waals surface area (Å²) in [5.41, 5.74) is 3.59. The standard InChI is InChI=1S/C13H15BrClN5/c1-8(9-3-5-10(15)6-4-9)20(2)12-11(14)7-17-13(18-12)19-16/h3-8H,16H2,1-2H3,(H,17,18,19). The first-order chi connectivity index (χ1) is 9.52. The molecule has 1 aromatic heterocycles. The number of nitrogens with one attached hydrogen (secondary N) is 1. The van der Waals surface area contributed by atoms with E-state index in [9.17, 15) is 0 Å². The fourth-order valence-corrected chi connectivity index (χ4v) is 2.42. The molecule has 5 nitrogen and oxygen atoms in total. The van der Waals surface area contributed by atoms with Crippen molar-refractivity contribution in [1.82, 2.24) is 9.97 Å². The van der Waals surface area contributed by atoms with Crippen molar-refractivity contribution in [3.8, 4) is 0 Å². The van der Waals surface area contributed by atoms with Crippen molar-refractivity contribution in [2.24, 2.45) is 5.84 Å². The van der Waals surface area contributed by atoms with Crippen molar-refractivity contribution >= 4 is 39.3 Å². The highest BCUT2D eigenvalue weighted by Crippen LogP contribution is 2.30. The van der Waals surface area contributed by atoms with Crippen LogP contribution < -0.4 is 16.2 Å². The summed E-state index contributed by atoms with van der Waals surface area (Å²) in [5.74, 6) is 6.48. The second-order valence-electron chi connectivity index (χ2n) is 4.35. The van der Waals surface area contributed by atoms with E-state index >= 15 is 0 Å². The third kappa shape index (κ3) is 3.20. The third-order valence-corrected chi connectivity index (χ3v) is 3.93. The molecule has 0 aliphatic heterocycles. The molecule has 1 aromatic carbocycles. The van der Waals surface area contributed by atoms with Crippen LogP contribution in [0.5, 0.6) is 0 Å². The zero-order valence-corrected chi connectivity index (χ0v) is 13.5. The average molecular weight is 357 g/mol. The van der Waals surface area contributed by atoms with Crippen LogP contribution >= 0.6 is 27.5 Å². The van der Waals surface area contributed by atoms with Gasteiger partial charge in [-0.05, 0) is 40.5 Å². The molecular formula is C13H15BrClN5. The number of nitrogens with zero attached hydrogens (tertiary/aromatic N) is 3. The first kappa shape index (κ1) is 15.0. The van der Waals surface area contributed by atoms with Gasteiger partial charge in [0.1, 0.15) is 5.82 Å². The maximum atomic E-state index is 5.91. The van der Waals surface area contributed by atoms with Crippen molar-refractivity contribution < 1.29 is 0 Å². The van der Waals surface area contributed by atoms with Gasteiger partial charge in [0.25, 0.3) is 0 Å². The lowest BCUT2D eigenvalue weighted by atomic mass is 10.1. The van der Waals surface area contributed by atoms with E-state index in [1.165, 1.54) is 0 Å². The molecule has 0 fully saturated rings. The highest BCUT2D eigenvalue weighted by Gasteiger charge is 2.17. The van der Waals surface area contributed by atoms with Crippen molar-refractivity contribution in [3.63, 3.8) is 0 Å². The minimum Gasteiger partial charge on any atom is -0.352 e. The predicted molar refractivity (Wildman–Crippen MR) is 85.8 cm³/mol. The van der Waals surface area contributed by atoms with E-state index in [-0.39, 0.29) is 6.04 Å². The summed E-state index contributed by atoms with van der Waals surface area (Å²) in [6, 6.07) is 7.89. The van der Waals surface area contributed by atoms with Crippen molar-refractivity contribution in [2.45, 2.75) is 13.0 Å². The van der Waals surface area contributed by atoms with Crippen LogP contribution in [0, 0.1) is 0 Å². The largest absolute Gasteiger partial charge is 0.352 e. The van der Waals surface area contributed by atoms with Gasteiger partial charge in [-0.3, -0.25) is 5.43 Å². The molecule has 106 valence electrons.